The minimum Gasteiger partial charge on any atom is -0.459 e. The van der Waals surface area contributed by atoms with E-state index in [1.54, 1.807) is 121 Å². The first-order chi connectivity index (χ1) is 37.8. The van der Waals surface area contributed by atoms with Gasteiger partial charge < -0.3 is 52.1 Å². The number of carbonyl (C=O) groups excluding carboxylic acids is 4. The van der Waals surface area contributed by atoms with Crippen LogP contribution in [0.15, 0.2) is 212 Å². The minimum atomic E-state index is -1.73. The smallest absolute Gasteiger partial charge is 0.338 e. The Kier molecular flexibility index (Phi) is 19.1. The van der Waals surface area contributed by atoms with Crippen LogP contribution in [0.5, 0.6) is 0 Å². The van der Waals surface area contributed by atoms with Crippen LogP contribution in [0.4, 0.5) is 0 Å². The number of methoxy groups -OCH3 is 1. The molecule has 15 heteroatoms. The second-order valence-corrected chi connectivity index (χ2v) is 18.1. The fourth-order valence-corrected chi connectivity index (χ4v) is 8.92. The van der Waals surface area contributed by atoms with Crippen molar-refractivity contribution in [3.63, 3.8) is 0 Å². The molecule has 2 fully saturated rings. The summed E-state index contributed by atoms with van der Waals surface area (Å²) in [6.07, 6.45) is -13.6. The first kappa shape index (κ1) is 53.9. The molecule has 2 aliphatic rings. The molecule has 7 aromatic carbocycles. The standard InChI is InChI=1S/C62H58O15/c1-67-61-55(70-39-44-27-13-4-14-28-44)53(69-38-43-25-11-3-12-26-43)51(49(72-61)40-68-37-42-23-9-2-10-24-42)77-62-56(76-60(66)48-35-21-8-22-36-48)54(75-59(65)47-33-19-7-20-34-47)52(74-58(64)46-31-17-6-18-32-46)50(73-62)41-71-57(63)45-29-15-5-16-30-45/h2-36,49-56,61-62H,37-41H2,1H3/t49-,50-,51-,52+,53+,54+,55-,56-,61+,62+/m1/s1. The van der Waals surface area contributed by atoms with E-state index in [4.69, 9.17) is 52.1 Å². The Labute approximate surface area is 446 Å². The Balaban J connectivity index is 1.16. The highest BCUT2D eigenvalue weighted by atomic mass is 16.8. The fraction of sp³-hybridized carbons (Fsp3) is 0.258. The SMILES string of the molecule is CO[C@H]1O[C@H](COCc2ccccc2)[C@@H](O[C@@H]2O[C@H](COC(=O)c3ccccc3)[C@H](OC(=O)c3ccccc3)[C@H](OC(=O)c3ccccc3)[C@H]2OC(=O)c2ccccc2)[C@H](OCc2ccccc2)[C@H]1OCc1ccccc1. The molecule has 0 unspecified atom stereocenters. The molecule has 77 heavy (non-hydrogen) atoms. The average molecular weight is 1040 g/mol. The van der Waals surface area contributed by atoms with Gasteiger partial charge in [-0.3, -0.25) is 0 Å². The number of rotatable bonds is 22. The van der Waals surface area contributed by atoms with Crippen LogP contribution in [0.2, 0.25) is 0 Å². The lowest BCUT2D eigenvalue weighted by Gasteiger charge is -2.49. The Bertz CT molecular complexity index is 2920. The van der Waals surface area contributed by atoms with Crippen molar-refractivity contribution in [1.82, 2.24) is 0 Å². The normalized spacial score (nSPS) is 23.0. The molecular formula is C62H58O15. The molecule has 0 aliphatic carbocycles. The van der Waals surface area contributed by atoms with Crippen molar-refractivity contribution < 1.29 is 71.3 Å². The highest BCUT2D eigenvalue weighted by molar-refractivity contribution is 5.91. The number of hydrogen-bond donors (Lipinski definition) is 0. The van der Waals surface area contributed by atoms with E-state index in [0.29, 0.717) is 0 Å². The summed E-state index contributed by atoms with van der Waals surface area (Å²) in [5.74, 6) is -3.31. The van der Waals surface area contributed by atoms with Gasteiger partial charge in [0.1, 0.15) is 37.1 Å². The zero-order valence-corrected chi connectivity index (χ0v) is 42.1. The number of ether oxygens (including phenoxy) is 11. The van der Waals surface area contributed by atoms with Gasteiger partial charge in [0.05, 0.1) is 48.7 Å². The third kappa shape index (κ3) is 14.5. The Morgan fingerprint density at radius 2 is 0.727 bits per heavy atom. The summed E-state index contributed by atoms with van der Waals surface area (Å²) in [7, 11) is 1.49. The Hall–Kier alpha value is -7.86. The highest BCUT2D eigenvalue weighted by Gasteiger charge is 2.57. The van der Waals surface area contributed by atoms with Gasteiger partial charge >= 0.3 is 23.9 Å². The molecule has 396 valence electrons. The van der Waals surface area contributed by atoms with Gasteiger partial charge in [-0.05, 0) is 65.2 Å². The molecule has 0 amide bonds. The van der Waals surface area contributed by atoms with E-state index < -0.39 is 91.9 Å². The van der Waals surface area contributed by atoms with E-state index in [2.05, 4.69) is 0 Å². The van der Waals surface area contributed by atoms with Gasteiger partial charge in [0, 0.05) is 7.11 Å². The van der Waals surface area contributed by atoms with E-state index in [9.17, 15) is 19.2 Å². The van der Waals surface area contributed by atoms with Crippen LogP contribution in [0, 0.1) is 0 Å². The molecule has 0 aromatic heterocycles. The third-order valence-corrected chi connectivity index (χ3v) is 12.8. The van der Waals surface area contributed by atoms with Crippen LogP contribution < -0.4 is 0 Å². The third-order valence-electron chi connectivity index (χ3n) is 12.8. The Morgan fingerprint density at radius 3 is 1.18 bits per heavy atom. The van der Waals surface area contributed by atoms with E-state index in [1.807, 2.05) is 91.0 Å². The van der Waals surface area contributed by atoms with Gasteiger partial charge in [-0.15, -0.1) is 0 Å². The van der Waals surface area contributed by atoms with Gasteiger partial charge in [0.15, 0.2) is 30.9 Å². The molecule has 2 heterocycles. The van der Waals surface area contributed by atoms with E-state index in [1.165, 1.54) is 7.11 Å². The Morgan fingerprint density at radius 1 is 0.364 bits per heavy atom. The fourth-order valence-electron chi connectivity index (χ4n) is 8.92. The molecule has 9 rings (SSSR count). The van der Waals surface area contributed by atoms with Crippen molar-refractivity contribution in [2.75, 3.05) is 20.3 Å². The summed E-state index contributed by atoms with van der Waals surface area (Å²) >= 11 is 0. The van der Waals surface area contributed by atoms with Crippen molar-refractivity contribution in [2.45, 2.75) is 81.2 Å². The van der Waals surface area contributed by atoms with Crippen LogP contribution in [-0.4, -0.2) is 106 Å². The van der Waals surface area contributed by atoms with Gasteiger partial charge in [-0.25, -0.2) is 19.2 Å². The van der Waals surface area contributed by atoms with Crippen molar-refractivity contribution >= 4 is 23.9 Å². The molecule has 2 aliphatic heterocycles. The molecule has 10 atom stereocenters. The lowest BCUT2D eigenvalue weighted by molar-refractivity contribution is -0.365. The maximum Gasteiger partial charge on any atom is 0.338 e. The summed E-state index contributed by atoms with van der Waals surface area (Å²) < 4.78 is 71.9. The lowest BCUT2D eigenvalue weighted by atomic mass is 9.95. The zero-order chi connectivity index (χ0) is 53.2. The molecule has 15 nitrogen and oxygen atoms in total. The lowest BCUT2D eigenvalue weighted by Crippen LogP contribution is -2.67. The van der Waals surface area contributed by atoms with E-state index >= 15 is 0 Å². The van der Waals surface area contributed by atoms with Crippen LogP contribution >= 0.6 is 0 Å². The summed E-state index contributed by atoms with van der Waals surface area (Å²) in [5.41, 5.74) is 3.18. The van der Waals surface area contributed by atoms with Gasteiger partial charge in [-0.1, -0.05) is 164 Å². The van der Waals surface area contributed by atoms with Crippen LogP contribution in [0.1, 0.15) is 58.1 Å². The minimum absolute atomic E-state index is 0.0649. The molecule has 0 radical (unpaired) electrons. The predicted molar refractivity (Wildman–Crippen MR) is 279 cm³/mol. The van der Waals surface area contributed by atoms with Crippen molar-refractivity contribution in [1.29, 1.82) is 0 Å². The van der Waals surface area contributed by atoms with Crippen LogP contribution in [0.3, 0.4) is 0 Å². The van der Waals surface area contributed by atoms with Crippen LogP contribution in [-0.2, 0) is 71.9 Å². The highest BCUT2D eigenvalue weighted by Crippen LogP contribution is 2.37. The first-order valence-corrected chi connectivity index (χ1v) is 25.2. The molecule has 7 aromatic rings. The summed E-state index contributed by atoms with van der Waals surface area (Å²) in [6, 6.07) is 61.3. The van der Waals surface area contributed by atoms with Crippen molar-refractivity contribution in [3.8, 4) is 0 Å². The van der Waals surface area contributed by atoms with Crippen LogP contribution in [0.25, 0.3) is 0 Å². The number of hydrogen-bond acceptors (Lipinski definition) is 15. The average Bonchev–Trinajstić information content (AvgIpc) is 3.49. The first-order valence-electron chi connectivity index (χ1n) is 25.2. The van der Waals surface area contributed by atoms with E-state index in [-0.39, 0.29) is 48.7 Å². The number of benzene rings is 7. The molecule has 0 saturated carbocycles. The zero-order valence-electron chi connectivity index (χ0n) is 42.1. The molecule has 0 N–H and O–H groups in total. The monoisotopic (exact) mass is 1040 g/mol. The predicted octanol–water partition coefficient (Wildman–Crippen LogP) is 9.39. The van der Waals surface area contributed by atoms with Gasteiger partial charge in [0.2, 0.25) is 0 Å². The quantitative estimate of drug-likeness (QED) is 0.0464. The maximum atomic E-state index is 14.5. The summed E-state index contributed by atoms with van der Waals surface area (Å²) in [5, 5.41) is 0. The number of carbonyl (C=O) groups is 4. The maximum absolute atomic E-state index is 14.5. The second-order valence-electron chi connectivity index (χ2n) is 18.1. The molecule has 0 spiro atoms. The van der Waals surface area contributed by atoms with Gasteiger partial charge in [0.25, 0.3) is 0 Å². The molecule has 2 saturated heterocycles. The summed E-state index contributed by atoms with van der Waals surface area (Å²) in [6.45, 7) is -0.312. The van der Waals surface area contributed by atoms with Crippen molar-refractivity contribution in [2.24, 2.45) is 0 Å². The number of esters is 4. The van der Waals surface area contributed by atoms with Crippen molar-refractivity contribution in [3.05, 3.63) is 251 Å². The van der Waals surface area contributed by atoms with E-state index in [0.717, 1.165) is 16.7 Å². The topological polar surface area (TPSA) is 170 Å². The van der Waals surface area contributed by atoms with Gasteiger partial charge in [-0.2, -0.15) is 0 Å². The molecule has 0 bridgehead atoms. The molecular weight excluding hydrogens is 985 g/mol. The second kappa shape index (κ2) is 27.3. The largest absolute Gasteiger partial charge is 0.459 e. The summed E-state index contributed by atoms with van der Waals surface area (Å²) in [4.78, 5) is 57.0.